The normalized spacial score (nSPS) is 10.6. The minimum Gasteiger partial charge on any atom is -0.261 e. The van der Waals surface area contributed by atoms with Crippen molar-refractivity contribution >= 4 is 40.8 Å². The molecule has 0 saturated heterocycles. The summed E-state index contributed by atoms with van der Waals surface area (Å²) in [5.74, 6) is -0.739. The van der Waals surface area contributed by atoms with Gasteiger partial charge >= 0.3 is 0 Å². The van der Waals surface area contributed by atoms with Gasteiger partial charge in [0.2, 0.25) is 0 Å². The Labute approximate surface area is 123 Å². The Kier molecular flexibility index (Phi) is 4.53. The van der Waals surface area contributed by atoms with E-state index >= 15 is 0 Å². The van der Waals surface area contributed by atoms with E-state index in [1.807, 2.05) is 0 Å². The molecule has 0 spiro atoms. The first-order valence-electron chi connectivity index (χ1n) is 5.30. The number of hydrogen-bond acceptors (Lipinski definition) is 3. The maximum absolute atomic E-state index is 13.5. The average molecular weight is 310 g/mol. The van der Waals surface area contributed by atoms with E-state index in [4.69, 9.17) is 28.7 Å². The molecule has 0 aliphatic carbocycles. The van der Waals surface area contributed by atoms with Gasteiger partial charge in [-0.05, 0) is 17.7 Å². The number of azide groups is 1. The van der Waals surface area contributed by atoms with Gasteiger partial charge in [-0.2, -0.15) is 0 Å². The molecule has 0 amide bonds. The van der Waals surface area contributed by atoms with Crippen molar-refractivity contribution < 1.29 is 4.39 Å². The molecule has 2 rings (SSSR count). The van der Waals surface area contributed by atoms with Crippen molar-refractivity contribution in [3.05, 3.63) is 62.5 Å². The monoisotopic (exact) mass is 309 g/mol. The van der Waals surface area contributed by atoms with Gasteiger partial charge in [0.15, 0.2) is 5.82 Å². The standard InChI is InChI=1S/C12H6Cl2FN5/c13-8-2-1-3-9(14)12(8)18-5-7-4-17-6-10(15)11(7)19-20-16/h1-6H/b18-5+. The van der Waals surface area contributed by atoms with Crippen molar-refractivity contribution in [2.24, 2.45) is 10.1 Å². The van der Waals surface area contributed by atoms with Gasteiger partial charge in [0.05, 0.1) is 21.9 Å². The Morgan fingerprint density at radius 3 is 2.55 bits per heavy atom. The van der Waals surface area contributed by atoms with Gasteiger partial charge in [-0.3, -0.25) is 9.98 Å². The maximum atomic E-state index is 13.5. The van der Waals surface area contributed by atoms with Crippen LogP contribution in [0.3, 0.4) is 0 Å². The number of nitrogens with zero attached hydrogens (tertiary/aromatic N) is 5. The summed E-state index contributed by atoms with van der Waals surface area (Å²) < 4.78 is 13.5. The molecule has 100 valence electrons. The quantitative estimate of drug-likeness (QED) is 0.331. The number of benzene rings is 1. The molecule has 1 aromatic carbocycles. The number of hydrogen-bond donors (Lipinski definition) is 0. The van der Waals surface area contributed by atoms with E-state index in [-0.39, 0.29) is 11.3 Å². The lowest BCUT2D eigenvalue weighted by Gasteiger charge is -2.02. The highest BCUT2D eigenvalue weighted by atomic mass is 35.5. The molecule has 5 nitrogen and oxygen atoms in total. The summed E-state index contributed by atoms with van der Waals surface area (Å²) in [4.78, 5) is 10.3. The highest BCUT2D eigenvalue weighted by molar-refractivity contribution is 6.38. The van der Waals surface area contributed by atoms with Gasteiger partial charge in [0, 0.05) is 22.9 Å². The van der Waals surface area contributed by atoms with Crippen molar-refractivity contribution in [2.75, 3.05) is 0 Å². The minimum absolute atomic E-state index is 0.186. The van der Waals surface area contributed by atoms with E-state index in [0.29, 0.717) is 15.7 Å². The third-order valence-electron chi connectivity index (χ3n) is 2.32. The van der Waals surface area contributed by atoms with E-state index in [1.54, 1.807) is 18.2 Å². The van der Waals surface area contributed by atoms with Crippen LogP contribution in [0, 0.1) is 5.82 Å². The summed E-state index contributed by atoms with van der Waals surface area (Å²) in [6, 6.07) is 4.93. The molecule has 0 fully saturated rings. The van der Waals surface area contributed by atoms with Crippen LogP contribution in [0.2, 0.25) is 10.0 Å². The second kappa shape index (κ2) is 6.34. The number of aromatic nitrogens is 1. The first-order valence-corrected chi connectivity index (χ1v) is 6.05. The number of halogens is 3. The number of para-hydroxylation sites is 1. The first kappa shape index (κ1) is 14.3. The Hall–Kier alpha value is -2.14. The summed E-state index contributed by atoms with van der Waals surface area (Å²) in [7, 11) is 0. The number of rotatable bonds is 3. The van der Waals surface area contributed by atoms with Crippen LogP contribution in [0.25, 0.3) is 10.4 Å². The third kappa shape index (κ3) is 3.05. The number of aliphatic imine (C=N–C) groups is 1. The largest absolute Gasteiger partial charge is 0.261 e. The molecule has 2 aromatic rings. The topological polar surface area (TPSA) is 74.0 Å². The van der Waals surface area contributed by atoms with E-state index < -0.39 is 5.82 Å². The zero-order chi connectivity index (χ0) is 14.5. The molecule has 0 N–H and O–H groups in total. The van der Waals surface area contributed by atoms with Gasteiger partial charge < -0.3 is 0 Å². The summed E-state index contributed by atoms with van der Waals surface area (Å²) in [6.45, 7) is 0. The highest BCUT2D eigenvalue weighted by Crippen LogP contribution is 2.33. The fraction of sp³-hybridized carbons (Fsp3) is 0. The molecule has 0 unspecified atom stereocenters. The van der Waals surface area contributed by atoms with Gasteiger partial charge in [-0.15, -0.1) is 0 Å². The van der Waals surface area contributed by atoms with Crippen molar-refractivity contribution in [2.45, 2.75) is 0 Å². The fourth-order valence-corrected chi connectivity index (χ4v) is 1.93. The van der Waals surface area contributed by atoms with E-state index in [2.05, 4.69) is 20.0 Å². The fourth-order valence-electron chi connectivity index (χ4n) is 1.43. The van der Waals surface area contributed by atoms with E-state index in [0.717, 1.165) is 6.20 Å². The Morgan fingerprint density at radius 2 is 1.90 bits per heavy atom. The predicted octanol–water partition coefficient (Wildman–Crippen LogP) is 5.22. The van der Waals surface area contributed by atoms with Gasteiger partial charge in [0.25, 0.3) is 0 Å². The summed E-state index contributed by atoms with van der Waals surface area (Å²) in [5.41, 5.74) is 8.80. The van der Waals surface area contributed by atoms with E-state index in [1.165, 1.54) is 12.4 Å². The average Bonchev–Trinajstić information content (AvgIpc) is 2.42. The van der Waals surface area contributed by atoms with E-state index in [9.17, 15) is 4.39 Å². The molecule has 0 aliphatic heterocycles. The smallest absolute Gasteiger partial charge is 0.151 e. The molecule has 0 bridgehead atoms. The van der Waals surface area contributed by atoms with Gasteiger partial charge in [-0.25, -0.2) is 4.39 Å². The second-order valence-corrected chi connectivity index (χ2v) is 4.39. The number of pyridine rings is 1. The highest BCUT2D eigenvalue weighted by Gasteiger charge is 2.07. The molecular formula is C12H6Cl2FN5. The van der Waals surface area contributed by atoms with Crippen molar-refractivity contribution in [3.8, 4) is 0 Å². The predicted molar refractivity (Wildman–Crippen MR) is 76.7 cm³/mol. The van der Waals surface area contributed by atoms with Crippen molar-refractivity contribution in [1.29, 1.82) is 0 Å². The lowest BCUT2D eigenvalue weighted by Crippen LogP contribution is -1.88. The third-order valence-corrected chi connectivity index (χ3v) is 2.93. The van der Waals surface area contributed by atoms with Crippen LogP contribution < -0.4 is 0 Å². The van der Waals surface area contributed by atoms with Crippen LogP contribution in [0.5, 0.6) is 0 Å². The summed E-state index contributed by atoms with van der Waals surface area (Å²) in [5, 5.41) is 3.97. The molecule has 8 heteroatoms. The zero-order valence-corrected chi connectivity index (χ0v) is 11.3. The second-order valence-electron chi connectivity index (χ2n) is 3.58. The molecule has 0 radical (unpaired) electrons. The van der Waals surface area contributed by atoms with Crippen LogP contribution in [0.4, 0.5) is 15.8 Å². The lowest BCUT2D eigenvalue weighted by molar-refractivity contribution is 0.623. The summed E-state index contributed by atoms with van der Waals surface area (Å²) >= 11 is 11.9. The molecule has 20 heavy (non-hydrogen) atoms. The molecule has 1 heterocycles. The Morgan fingerprint density at radius 1 is 1.20 bits per heavy atom. The van der Waals surface area contributed by atoms with Crippen molar-refractivity contribution in [1.82, 2.24) is 4.98 Å². The molecular weight excluding hydrogens is 304 g/mol. The lowest BCUT2D eigenvalue weighted by atomic mass is 10.2. The molecule has 1 aromatic heterocycles. The van der Waals surface area contributed by atoms with Crippen LogP contribution in [-0.2, 0) is 0 Å². The maximum Gasteiger partial charge on any atom is 0.151 e. The SMILES string of the molecule is [N-]=[N+]=Nc1c(F)cncc1/C=N/c1c(Cl)cccc1Cl. The minimum atomic E-state index is -0.739. The van der Waals surface area contributed by atoms with Gasteiger partial charge in [0.1, 0.15) is 5.69 Å². The summed E-state index contributed by atoms with van der Waals surface area (Å²) in [6.07, 6.45) is 3.55. The van der Waals surface area contributed by atoms with Gasteiger partial charge in [-0.1, -0.05) is 34.4 Å². The zero-order valence-electron chi connectivity index (χ0n) is 9.83. The van der Waals surface area contributed by atoms with Crippen LogP contribution in [0.15, 0.2) is 40.7 Å². The molecule has 0 saturated carbocycles. The van der Waals surface area contributed by atoms with Crippen LogP contribution >= 0.6 is 23.2 Å². The Balaban J connectivity index is 2.47. The van der Waals surface area contributed by atoms with Crippen LogP contribution in [0.1, 0.15) is 5.56 Å². The molecule has 0 atom stereocenters. The van der Waals surface area contributed by atoms with Crippen LogP contribution in [-0.4, -0.2) is 11.2 Å². The first-order chi connectivity index (χ1) is 9.63. The van der Waals surface area contributed by atoms with Crippen molar-refractivity contribution in [3.63, 3.8) is 0 Å². The molecule has 0 aliphatic rings. The Bertz CT molecular complexity index is 706.